The molecule has 0 radical (unpaired) electrons. The SMILES string of the molecule is Clc1ccccc1-c1ccccc1Cl.O=C1C=CC(=O)N1.O=C1C=CC(=O)N1. The van der Waals surface area contributed by atoms with Crippen molar-refractivity contribution in [1.29, 1.82) is 0 Å². The zero-order valence-corrected chi connectivity index (χ0v) is 15.8. The predicted octanol–water partition coefficient (Wildman–Crippen LogP) is 3.06. The number of carbonyl (C=O) groups excluding carboxylic acids is 4. The Morgan fingerprint density at radius 2 is 0.786 bits per heavy atom. The van der Waals surface area contributed by atoms with Gasteiger partial charge in [0.25, 0.3) is 23.6 Å². The highest BCUT2D eigenvalue weighted by Crippen LogP contribution is 2.32. The van der Waals surface area contributed by atoms with Gasteiger partial charge in [0, 0.05) is 45.5 Å². The Morgan fingerprint density at radius 3 is 1.00 bits per heavy atom. The fraction of sp³-hybridized carbons (Fsp3) is 0. The molecule has 0 aliphatic carbocycles. The molecule has 0 saturated carbocycles. The van der Waals surface area contributed by atoms with Gasteiger partial charge in [-0.05, 0) is 12.1 Å². The zero-order chi connectivity index (χ0) is 20.5. The van der Waals surface area contributed by atoms with E-state index in [1.807, 2.05) is 59.2 Å². The van der Waals surface area contributed by atoms with E-state index in [-0.39, 0.29) is 23.6 Å². The molecule has 0 fully saturated rings. The van der Waals surface area contributed by atoms with E-state index in [1.165, 1.54) is 24.3 Å². The Kier molecular flexibility index (Phi) is 7.68. The lowest BCUT2D eigenvalue weighted by Crippen LogP contribution is -2.19. The highest BCUT2D eigenvalue weighted by Gasteiger charge is 2.07. The maximum absolute atomic E-state index is 10.0. The Morgan fingerprint density at radius 1 is 0.500 bits per heavy atom. The molecule has 142 valence electrons. The molecule has 0 saturated heterocycles. The fourth-order valence-corrected chi connectivity index (χ4v) is 2.55. The van der Waals surface area contributed by atoms with E-state index in [1.54, 1.807) is 0 Å². The molecule has 4 amide bonds. The van der Waals surface area contributed by atoms with Crippen molar-refractivity contribution in [3.05, 3.63) is 82.9 Å². The summed E-state index contributed by atoms with van der Waals surface area (Å²) in [4.78, 5) is 40.1. The molecule has 28 heavy (non-hydrogen) atoms. The molecule has 2 aromatic rings. The van der Waals surface area contributed by atoms with Crippen molar-refractivity contribution in [2.75, 3.05) is 0 Å². The van der Waals surface area contributed by atoms with Crippen LogP contribution in [0.15, 0.2) is 72.8 Å². The van der Waals surface area contributed by atoms with Crippen molar-refractivity contribution in [1.82, 2.24) is 10.6 Å². The summed E-state index contributed by atoms with van der Waals surface area (Å²) in [6, 6.07) is 15.4. The molecule has 4 rings (SSSR count). The first kappa shape index (κ1) is 21.1. The molecule has 2 N–H and O–H groups in total. The lowest BCUT2D eigenvalue weighted by atomic mass is 10.1. The van der Waals surface area contributed by atoms with Crippen molar-refractivity contribution in [2.24, 2.45) is 0 Å². The van der Waals surface area contributed by atoms with Crippen LogP contribution >= 0.6 is 23.2 Å². The van der Waals surface area contributed by atoms with E-state index in [0.29, 0.717) is 0 Å². The maximum Gasteiger partial charge on any atom is 0.250 e. The molecular weight excluding hydrogens is 403 g/mol. The van der Waals surface area contributed by atoms with Gasteiger partial charge in [0.05, 0.1) is 0 Å². The van der Waals surface area contributed by atoms with Gasteiger partial charge in [0.15, 0.2) is 0 Å². The van der Waals surface area contributed by atoms with Gasteiger partial charge in [-0.15, -0.1) is 0 Å². The minimum absolute atomic E-state index is 0.329. The van der Waals surface area contributed by atoms with Crippen molar-refractivity contribution < 1.29 is 19.2 Å². The van der Waals surface area contributed by atoms with Crippen molar-refractivity contribution in [3.63, 3.8) is 0 Å². The van der Waals surface area contributed by atoms with Gasteiger partial charge in [-0.3, -0.25) is 29.8 Å². The van der Waals surface area contributed by atoms with E-state index >= 15 is 0 Å². The van der Waals surface area contributed by atoms with E-state index in [2.05, 4.69) is 0 Å². The van der Waals surface area contributed by atoms with Crippen LogP contribution in [0.3, 0.4) is 0 Å². The van der Waals surface area contributed by atoms with Crippen LogP contribution in [0.1, 0.15) is 0 Å². The lowest BCUT2D eigenvalue weighted by Gasteiger charge is -2.05. The van der Waals surface area contributed by atoms with Crippen LogP contribution in [0.2, 0.25) is 10.0 Å². The number of hydrogen-bond donors (Lipinski definition) is 2. The predicted molar refractivity (Wildman–Crippen MR) is 106 cm³/mol. The first-order valence-electron chi connectivity index (χ1n) is 7.92. The second kappa shape index (κ2) is 10.2. The van der Waals surface area contributed by atoms with Crippen molar-refractivity contribution in [3.8, 4) is 11.1 Å². The number of amides is 4. The van der Waals surface area contributed by atoms with Crippen LogP contribution < -0.4 is 10.6 Å². The van der Waals surface area contributed by atoms with Gasteiger partial charge >= 0.3 is 0 Å². The standard InChI is InChI=1S/C12H8Cl2.2C4H3NO2/c13-11-7-3-1-5-9(11)10-6-2-4-8-12(10)14;2*6-3-1-2-4(7)5-3/h1-8H;2*1-2H,(H,5,6,7). The smallest absolute Gasteiger partial charge is 0.250 e. The highest BCUT2D eigenvalue weighted by atomic mass is 35.5. The monoisotopic (exact) mass is 416 g/mol. The highest BCUT2D eigenvalue weighted by molar-refractivity contribution is 6.36. The summed E-state index contributed by atoms with van der Waals surface area (Å²) in [7, 11) is 0. The van der Waals surface area contributed by atoms with E-state index < -0.39 is 0 Å². The Labute approximate surface area is 170 Å². The molecule has 6 nitrogen and oxygen atoms in total. The molecule has 2 aromatic carbocycles. The molecule has 0 unspecified atom stereocenters. The molecule has 2 aliphatic heterocycles. The van der Waals surface area contributed by atoms with Crippen LogP contribution in [-0.2, 0) is 19.2 Å². The number of benzene rings is 2. The number of nitrogens with one attached hydrogen (secondary N) is 2. The normalized spacial score (nSPS) is 13.9. The molecule has 0 spiro atoms. The molecule has 0 aromatic heterocycles. The van der Waals surface area contributed by atoms with E-state index in [9.17, 15) is 19.2 Å². The Bertz CT molecular complexity index is 872. The third-order valence-corrected chi connectivity index (χ3v) is 3.96. The van der Waals surface area contributed by atoms with Crippen molar-refractivity contribution in [2.45, 2.75) is 0 Å². The molecule has 2 aliphatic rings. The number of imide groups is 2. The van der Waals surface area contributed by atoms with Gasteiger partial charge < -0.3 is 0 Å². The summed E-state index contributed by atoms with van der Waals surface area (Å²) in [6.45, 7) is 0. The summed E-state index contributed by atoms with van der Waals surface area (Å²) < 4.78 is 0. The minimum Gasteiger partial charge on any atom is -0.289 e. The Balaban J connectivity index is 0.000000168. The minimum atomic E-state index is -0.329. The second-order valence-electron chi connectivity index (χ2n) is 5.33. The number of rotatable bonds is 1. The van der Waals surface area contributed by atoms with Gasteiger partial charge in [0.2, 0.25) is 0 Å². The van der Waals surface area contributed by atoms with Crippen LogP contribution in [0.5, 0.6) is 0 Å². The first-order chi connectivity index (χ1) is 13.4. The Hall–Kier alpha value is -3.22. The fourth-order valence-electron chi connectivity index (χ4n) is 2.07. The van der Waals surface area contributed by atoms with Gasteiger partial charge in [0.1, 0.15) is 0 Å². The van der Waals surface area contributed by atoms with Crippen LogP contribution in [0, 0.1) is 0 Å². The first-order valence-corrected chi connectivity index (χ1v) is 8.68. The topological polar surface area (TPSA) is 92.3 Å². The molecule has 0 bridgehead atoms. The van der Waals surface area contributed by atoms with Crippen LogP contribution in [-0.4, -0.2) is 23.6 Å². The third-order valence-electron chi connectivity index (χ3n) is 3.30. The average Bonchev–Trinajstić information content (AvgIpc) is 3.23. The van der Waals surface area contributed by atoms with Gasteiger partial charge in [-0.2, -0.15) is 0 Å². The summed E-state index contributed by atoms with van der Waals surface area (Å²) >= 11 is 12.1. The number of hydrogen-bond acceptors (Lipinski definition) is 4. The third kappa shape index (κ3) is 6.50. The number of halogens is 2. The molecular formula is C20H14Cl2N2O4. The maximum atomic E-state index is 10.0. The van der Waals surface area contributed by atoms with Gasteiger partial charge in [-0.1, -0.05) is 59.6 Å². The summed E-state index contributed by atoms with van der Waals surface area (Å²) in [5, 5.41) is 5.50. The summed E-state index contributed by atoms with van der Waals surface area (Å²) in [6.07, 6.45) is 4.79. The van der Waals surface area contributed by atoms with E-state index in [4.69, 9.17) is 23.2 Å². The molecule has 0 atom stereocenters. The summed E-state index contributed by atoms with van der Waals surface area (Å²) in [5.74, 6) is -1.31. The molecule has 8 heteroatoms. The second-order valence-corrected chi connectivity index (χ2v) is 6.15. The lowest BCUT2D eigenvalue weighted by molar-refractivity contribution is -0.125. The number of carbonyl (C=O) groups is 4. The average molecular weight is 417 g/mol. The zero-order valence-electron chi connectivity index (χ0n) is 14.3. The quantitative estimate of drug-likeness (QED) is 0.698. The van der Waals surface area contributed by atoms with Crippen molar-refractivity contribution >= 4 is 46.8 Å². The van der Waals surface area contributed by atoms with Crippen LogP contribution in [0.25, 0.3) is 11.1 Å². The largest absolute Gasteiger partial charge is 0.289 e. The van der Waals surface area contributed by atoms with Crippen LogP contribution in [0.4, 0.5) is 0 Å². The van der Waals surface area contributed by atoms with Gasteiger partial charge in [-0.25, -0.2) is 0 Å². The molecule has 2 heterocycles. The van der Waals surface area contributed by atoms with E-state index in [0.717, 1.165) is 21.2 Å². The summed E-state index contributed by atoms with van der Waals surface area (Å²) in [5.41, 5.74) is 1.94.